The first kappa shape index (κ1) is 9.83. The fourth-order valence-corrected chi connectivity index (χ4v) is 1.08. The van der Waals surface area contributed by atoms with Crippen molar-refractivity contribution in [3.05, 3.63) is 40.8 Å². The van der Waals surface area contributed by atoms with Crippen molar-refractivity contribution in [2.75, 3.05) is 5.73 Å². The molecule has 0 aliphatic carbocycles. The van der Waals surface area contributed by atoms with E-state index >= 15 is 0 Å². The van der Waals surface area contributed by atoms with Crippen LogP contribution in [0.1, 0.15) is 0 Å². The van der Waals surface area contributed by atoms with E-state index in [0.717, 1.165) is 5.39 Å². The number of rotatable bonds is 0. The minimum atomic E-state index is -0.478. The fraction of sp³-hybridized carbons (Fsp3) is 0. The number of benzene rings is 1. The molecule has 13 heavy (non-hydrogen) atoms. The van der Waals surface area contributed by atoms with E-state index in [0.29, 0.717) is 5.58 Å². The second-order valence-corrected chi connectivity index (χ2v) is 2.53. The molecule has 66 valence electrons. The molecule has 0 saturated heterocycles. The van der Waals surface area contributed by atoms with Gasteiger partial charge in [-0.25, -0.2) is 4.79 Å². The van der Waals surface area contributed by atoms with Crippen LogP contribution in [0.4, 0.5) is 5.69 Å². The smallest absolute Gasteiger partial charge is 0.359 e. The number of para-hydroxylation sites is 1. The second-order valence-electron chi connectivity index (χ2n) is 2.53. The number of hydrogen-bond donors (Lipinski definition) is 1. The molecule has 1 heterocycles. The van der Waals surface area contributed by atoms with Gasteiger partial charge in [0.25, 0.3) is 0 Å². The van der Waals surface area contributed by atoms with Crippen LogP contribution in [0.15, 0.2) is 39.5 Å². The minimum absolute atomic E-state index is 0. The molecule has 0 unspecified atom stereocenters. The quantitative estimate of drug-likeness (QED) is 0.552. The minimum Gasteiger partial charge on any atom is -0.421 e. The van der Waals surface area contributed by atoms with Crippen molar-refractivity contribution in [1.29, 1.82) is 0 Å². The average Bonchev–Trinajstić information content (AvgIpc) is 2.07. The summed E-state index contributed by atoms with van der Waals surface area (Å²) in [4.78, 5) is 10.9. The molecule has 2 aromatic rings. The molecule has 1 aromatic heterocycles. The Bertz CT molecular complexity index is 478. The molecular weight excluding hydrogens is 233 g/mol. The van der Waals surface area contributed by atoms with Gasteiger partial charge in [-0.05, 0) is 12.1 Å². The summed E-state index contributed by atoms with van der Waals surface area (Å²) in [5.74, 6) is 0. The summed E-state index contributed by atoms with van der Waals surface area (Å²) in [6.45, 7) is 0. The molecule has 0 amide bonds. The zero-order valence-corrected chi connectivity index (χ0v) is 8.40. The molecule has 2 N–H and O–H groups in total. The Morgan fingerprint density at radius 1 is 1.23 bits per heavy atom. The Hall–Kier alpha value is -1.25. The van der Waals surface area contributed by atoms with Crippen molar-refractivity contribution in [2.24, 2.45) is 0 Å². The maximum Gasteiger partial charge on any atom is 0.359 e. The van der Waals surface area contributed by atoms with Crippen LogP contribution < -0.4 is 11.4 Å². The third-order valence-corrected chi connectivity index (χ3v) is 1.67. The van der Waals surface area contributed by atoms with Crippen LogP contribution >= 0.6 is 0 Å². The van der Waals surface area contributed by atoms with Crippen LogP contribution in [0, 0.1) is 0 Å². The van der Waals surface area contributed by atoms with Crippen LogP contribution in [-0.2, 0) is 0 Å². The molecular formula is C9H7NO2Se. The predicted octanol–water partition coefficient (Wildman–Crippen LogP) is 0.994. The van der Waals surface area contributed by atoms with Crippen LogP contribution in [-0.4, -0.2) is 17.1 Å². The number of hydrogen-bond acceptors (Lipinski definition) is 3. The van der Waals surface area contributed by atoms with Gasteiger partial charge in [0, 0.05) is 22.5 Å². The Labute approximate surface area is 85.0 Å². The van der Waals surface area contributed by atoms with E-state index in [1.54, 1.807) is 12.1 Å². The van der Waals surface area contributed by atoms with E-state index in [-0.39, 0.29) is 22.8 Å². The van der Waals surface area contributed by atoms with Crippen LogP contribution in [0.3, 0.4) is 0 Å². The van der Waals surface area contributed by atoms with E-state index in [2.05, 4.69) is 0 Å². The Morgan fingerprint density at radius 2 is 1.92 bits per heavy atom. The maximum atomic E-state index is 10.9. The van der Waals surface area contributed by atoms with Crippen molar-refractivity contribution in [3.8, 4) is 0 Å². The van der Waals surface area contributed by atoms with Gasteiger partial charge in [0.05, 0.1) is 0 Å². The van der Waals surface area contributed by atoms with Crippen LogP contribution in [0.25, 0.3) is 11.0 Å². The fourth-order valence-electron chi connectivity index (χ4n) is 1.08. The zero-order chi connectivity index (χ0) is 8.55. The molecule has 4 heteroatoms. The molecule has 2 rings (SSSR count). The standard InChI is InChI=1S/C9H7NO2.Se/c10-7-5-6-3-1-2-4-8(6)12-9(7)11;/h1-5H,10H2;. The van der Waals surface area contributed by atoms with Gasteiger partial charge in [-0.2, -0.15) is 0 Å². The summed E-state index contributed by atoms with van der Waals surface area (Å²) >= 11 is 0. The van der Waals surface area contributed by atoms with E-state index < -0.39 is 5.63 Å². The summed E-state index contributed by atoms with van der Waals surface area (Å²) in [7, 11) is 0. The van der Waals surface area contributed by atoms with Crippen molar-refractivity contribution < 1.29 is 4.42 Å². The third-order valence-electron chi connectivity index (χ3n) is 1.67. The summed E-state index contributed by atoms with van der Waals surface area (Å²) in [5.41, 5.74) is 5.61. The first-order valence-corrected chi connectivity index (χ1v) is 3.56. The van der Waals surface area contributed by atoms with E-state index in [4.69, 9.17) is 10.2 Å². The van der Waals surface area contributed by atoms with Gasteiger partial charge >= 0.3 is 5.63 Å². The molecule has 3 nitrogen and oxygen atoms in total. The summed E-state index contributed by atoms with van der Waals surface area (Å²) in [5, 5.41) is 0.842. The second kappa shape index (κ2) is 3.64. The Morgan fingerprint density at radius 3 is 2.69 bits per heavy atom. The van der Waals surface area contributed by atoms with Crippen molar-refractivity contribution in [1.82, 2.24) is 0 Å². The molecule has 2 radical (unpaired) electrons. The summed E-state index contributed by atoms with van der Waals surface area (Å²) < 4.78 is 4.91. The molecule has 0 atom stereocenters. The van der Waals surface area contributed by atoms with E-state index in [9.17, 15) is 4.79 Å². The van der Waals surface area contributed by atoms with E-state index in [1.165, 1.54) is 0 Å². The number of fused-ring (bicyclic) bond motifs is 1. The summed E-state index contributed by atoms with van der Waals surface area (Å²) in [6, 6.07) is 8.86. The predicted molar refractivity (Wildman–Crippen MR) is 52.7 cm³/mol. The van der Waals surface area contributed by atoms with Crippen LogP contribution in [0.2, 0.25) is 0 Å². The topological polar surface area (TPSA) is 56.2 Å². The summed E-state index contributed by atoms with van der Waals surface area (Å²) in [6.07, 6.45) is 0. The first-order chi connectivity index (χ1) is 5.77. The monoisotopic (exact) mass is 241 g/mol. The number of anilines is 1. The van der Waals surface area contributed by atoms with Gasteiger partial charge in [0.1, 0.15) is 11.3 Å². The number of nitrogen functional groups attached to an aromatic ring is 1. The molecule has 0 aliphatic heterocycles. The molecule has 0 saturated carbocycles. The van der Waals surface area contributed by atoms with Crippen molar-refractivity contribution >= 4 is 33.7 Å². The number of nitrogens with two attached hydrogens (primary N) is 1. The zero-order valence-electron chi connectivity index (χ0n) is 6.69. The van der Waals surface area contributed by atoms with Gasteiger partial charge in [-0.15, -0.1) is 0 Å². The molecule has 0 aliphatic rings. The Kier molecular flexibility index (Phi) is 2.76. The Balaban J connectivity index is 0.000000845. The van der Waals surface area contributed by atoms with Gasteiger partial charge in [-0.3, -0.25) is 0 Å². The first-order valence-electron chi connectivity index (χ1n) is 3.56. The van der Waals surface area contributed by atoms with Crippen molar-refractivity contribution in [3.63, 3.8) is 0 Å². The molecule has 0 fully saturated rings. The normalized spacial score (nSPS) is 9.54. The molecule has 0 bridgehead atoms. The van der Waals surface area contributed by atoms with Gasteiger partial charge in [-0.1, -0.05) is 18.2 Å². The van der Waals surface area contributed by atoms with Gasteiger partial charge in [0.15, 0.2) is 0 Å². The maximum absolute atomic E-state index is 10.9. The van der Waals surface area contributed by atoms with Crippen LogP contribution in [0.5, 0.6) is 0 Å². The SMILES string of the molecule is Nc1cc2ccccc2oc1=O.[Se]. The van der Waals surface area contributed by atoms with E-state index in [1.807, 2.05) is 18.2 Å². The average molecular weight is 240 g/mol. The largest absolute Gasteiger partial charge is 0.421 e. The molecule has 1 aromatic carbocycles. The van der Waals surface area contributed by atoms with Gasteiger partial charge < -0.3 is 10.2 Å². The van der Waals surface area contributed by atoms with Crippen molar-refractivity contribution in [2.45, 2.75) is 0 Å². The van der Waals surface area contributed by atoms with Gasteiger partial charge in [0.2, 0.25) is 0 Å². The third kappa shape index (κ3) is 1.74. The molecule has 0 spiro atoms.